The van der Waals surface area contributed by atoms with Gasteiger partial charge in [-0.25, -0.2) is 9.97 Å². The maximum Gasteiger partial charge on any atom is 0.256 e. The van der Waals surface area contributed by atoms with Crippen LogP contribution in [-0.2, 0) is 0 Å². The predicted molar refractivity (Wildman–Crippen MR) is 158 cm³/mol. The number of pyridine rings is 1. The van der Waals surface area contributed by atoms with Crippen LogP contribution in [0.3, 0.4) is 0 Å². The van der Waals surface area contributed by atoms with Gasteiger partial charge in [0, 0.05) is 22.4 Å². The molecule has 4 aromatic carbocycles. The van der Waals surface area contributed by atoms with Crippen molar-refractivity contribution in [2.75, 3.05) is 10.6 Å². The van der Waals surface area contributed by atoms with Crippen molar-refractivity contribution in [1.82, 2.24) is 15.0 Å². The SMILES string of the molecule is Cc1ccc(NC(=O)c2ccc(-c3ccccc3)cc2)cc1C(=O)Nc1cnc2nc(-c3ccccc3)[nH]c2c1. The van der Waals surface area contributed by atoms with E-state index in [0.29, 0.717) is 39.5 Å². The number of aromatic amines is 1. The minimum atomic E-state index is -0.301. The van der Waals surface area contributed by atoms with Crippen LogP contribution in [0.25, 0.3) is 33.7 Å². The van der Waals surface area contributed by atoms with E-state index in [1.165, 1.54) is 0 Å². The molecule has 2 aromatic heterocycles. The maximum atomic E-state index is 13.2. The third-order valence-corrected chi connectivity index (χ3v) is 6.64. The van der Waals surface area contributed by atoms with Gasteiger partial charge in [-0.2, -0.15) is 0 Å². The van der Waals surface area contributed by atoms with E-state index in [9.17, 15) is 9.59 Å². The fourth-order valence-corrected chi connectivity index (χ4v) is 4.49. The summed E-state index contributed by atoms with van der Waals surface area (Å²) in [5.74, 6) is 0.156. The number of amides is 2. The number of rotatable bonds is 6. The van der Waals surface area contributed by atoms with Gasteiger partial charge in [0.05, 0.1) is 17.4 Å². The largest absolute Gasteiger partial charge is 0.337 e. The lowest BCUT2D eigenvalue weighted by Gasteiger charge is -2.11. The molecule has 194 valence electrons. The lowest BCUT2D eigenvalue weighted by atomic mass is 10.0. The van der Waals surface area contributed by atoms with Crippen molar-refractivity contribution in [3.8, 4) is 22.5 Å². The molecule has 0 unspecified atom stereocenters. The summed E-state index contributed by atoms with van der Waals surface area (Å²) in [5.41, 5.74) is 7.18. The van der Waals surface area contributed by atoms with Crippen molar-refractivity contribution in [2.45, 2.75) is 6.92 Å². The van der Waals surface area contributed by atoms with Gasteiger partial charge in [-0.3, -0.25) is 9.59 Å². The van der Waals surface area contributed by atoms with Gasteiger partial charge in [-0.15, -0.1) is 0 Å². The summed E-state index contributed by atoms with van der Waals surface area (Å²) in [6.07, 6.45) is 1.58. The number of aryl methyl sites for hydroxylation is 1. The van der Waals surface area contributed by atoms with Gasteiger partial charge >= 0.3 is 0 Å². The number of nitrogens with one attached hydrogen (secondary N) is 3. The number of aromatic nitrogens is 3. The molecule has 0 saturated heterocycles. The second kappa shape index (κ2) is 10.7. The molecular weight excluding hydrogens is 498 g/mol. The van der Waals surface area contributed by atoms with Gasteiger partial charge in [0.25, 0.3) is 11.8 Å². The Morgan fingerprint density at radius 3 is 2.05 bits per heavy atom. The zero-order valence-corrected chi connectivity index (χ0v) is 21.7. The third-order valence-electron chi connectivity index (χ3n) is 6.64. The average Bonchev–Trinajstić information content (AvgIpc) is 3.43. The summed E-state index contributed by atoms with van der Waals surface area (Å²) < 4.78 is 0. The molecule has 0 bridgehead atoms. The number of nitrogens with zero attached hydrogens (tertiary/aromatic N) is 2. The third kappa shape index (κ3) is 5.21. The summed E-state index contributed by atoms with van der Waals surface area (Å²) >= 11 is 0. The van der Waals surface area contributed by atoms with Gasteiger partial charge in [-0.1, -0.05) is 78.9 Å². The number of imidazole rings is 1. The van der Waals surface area contributed by atoms with Crippen molar-refractivity contribution in [1.29, 1.82) is 0 Å². The highest BCUT2D eigenvalue weighted by Crippen LogP contribution is 2.23. The van der Waals surface area contributed by atoms with E-state index < -0.39 is 0 Å². The molecule has 0 aliphatic carbocycles. The van der Waals surface area contributed by atoms with Crippen molar-refractivity contribution in [3.05, 3.63) is 132 Å². The second-order valence-electron chi connectivity index (χ2n) is 9.43. The van der Waals surface area contributed by atoms with E-state index >= 15 is 0 Å². The summed E-state index contributed by atoms with van der Waals surface area (Å²) in [4.78, 5) is 38.3. The van der Waals surface area contributed by atoms with Crippen molar-refractivity contribution in [3.63, 3.8) is 0 Å². The normalized spacial score (nSPS) is 10.8. The lowest BCUT2D eigenvalue weighted by molar-refractivity contribution is 0.101. The Hall–Kier alpha value is -5.56. The first kappa shape index (κ1) is 24.8. The van der Waals surface area contributed by atoms with Gasteiger partial charge in [-0.05, 0) is 53.9 Å². The predicted octanol–water partition coefficient (Wildman–Crippen LogP) is 7.10. The number of fused-ring (bicyclic) bond motifs is 1. The van der Waals surface area contributed by atoms with Crippen molar-refractivity contribution >= 4 is 34.4 Å². The molecule has 7 nitrogen and oxygen atoms in total. The molecule has 6 rings (SSSR count). The quantitative estimate of drug-likeness (QED) is 0.217. The van der Waals surface area contributed by atoms with Gasteiger partial charge in [0.1, 0.15) is 5.82 Å². The van der Waals surface area contributed by atoms with Crippen LogP contribution in [0.5, 0.6) is 0 Å². The molecule has 7 heteroatoms. The molecule has 0 fully saturated rings. The maximum absolute atomic E-state index is 13.2. The number of H-pyrrole nitrogens is 1. The fourth-order valence-electron chi connectivity index (χ4n) is 4.49. The molecule has 6 aromatic rings. The molecular formula is C33H25N5O2. The second-order valence-corrected chi connectivity index (χ2v) is 9.43. The van der Waals surface area contributed by atoms with Gasteiger partial charge in [0.15, 0.2) is 5.65 Å². The van der Waals surface area contributed by atoms with Crippen molar-refractivity contribution < 1.29 is 9.59 Å². The van der Waals surface area contributed by atoms with E-state index in [-0.39, 0.29) is 11.8 Å². The van der Waals surface area contributed by atoms with Crippen LogP contribution in [0.1, 0.15) is 26.3 Å². The minimum Gasteiger partial charge on any atom is -0.337 e. The van der Waals surface area contributed by atoms with Crippen LogP contribution in [0.15, 0.2) is 115 Å². The van der Waals surface area contributed by atoms with Crippen LogP contribution >= 0.6 is 0 Å². The van der Waals surface area contributed by atoms with E-state index in [1.807, 2.05) is 85.8 Å². The van der Waals surface area contributed by atoms with Crippen LogP contribution in [0.4, 0.5) is 11.4 Å². The first-order valence-corrected chi connectivity index (χ1v) is 12.8. The molecule has 0 aliphatic rings. The number of hydrogen-bond acceptors (Lipinski definition) is 4. The topological polar surface area (TPSA) is 99.8 Å². The zero-order chi connectivity index (χ0) is 27.5. The molecule has 0 radical (unpaired) electrons. The first-order valence-electron chi connectivity index (χ1n) is 12.8. The highest BCUT2D eigenvalue weighted by molar-refractivity contribution is 6.08. The van der Waals surface area contributed by atoms with Gasteiger partial charge < -0.3 is 15.6 Å². The molecule has 40 heavy (non-hydrogen) atoms. The Morgan fingerprint density at radius 2 is 1.32 bits per heavy atom. The molecule has 3 N–H and O–H groups in total. The van der Waals surface area contributed by atoms with Crippen molar-refractivity contribution in [2.24, 2.45) is 0 Å². The molecule has 0 spiro atoms. The van der Waals surface area contributed by atoms with E-state index in [0.717, 1.165) is 22.3 Å². The molecule has 0 atom stereocenters. The summed E-state index contributed by atoms with van der Waals surface area (Å²) in [7, 11) is 0. The molecule has 0 aliphatic heterocycles. The number of carbonyl (C=O) groups excluding carboxylic acids is 2. The number of benzene rings is 4. The van der Waals surface area contributed by atoms with E-state index in [1.54, 1.807) is 36.5 Å². The van der Waals surface area contributed by atoms with Crippen LogP contribution < -0.4 is 10.6 Å². The number of hydrogen-bond donors (Lipinski definition) is 3. The van der Waals surface area contributed by atoms with Crippen LogP contribution in [0, 0.1) is 6.92 Å². The Balaban J connectivity index is 1.16. The Bertz CT molecular complexity index is 1830. The Kier molecular flexibility index (Phi) is 6.60. The molecule has 2 heterocycles. The summed E-state index contributed by atoms with van der Waals surface area (Å²) in [6.45, 7) is 1.85. The van der Waals surface area contributed by atoms with E-state index in [4.69, 9.17) is 0 Å². The highest BCUT2D eigenvalue weighted by atomic mass is 16.2. The van der Waals surface area contributed by atoms with Crippen LogP contribution in [0.2, 0.25) is 0 Å². The molecule has 0 saturated carbocycles. The number of carbonyl (C=O) groups is 2. The molecule has 2 amide bonds. The highest BCUT2D eigenvalue weighted by Gasteiger charge is 2.14. The Labute approximate surface area is 231 Å². The first-order chi connectivity index (χ1) is 19.5. The van der Waals surface area contributed by atoms with Crippen LogP contribution in [-0.4, -0.2) is 26.8 Å². The minimum absolute atomic E-state index is 0.252. The summed E-state index contributed by atoms with van der Waals surface area (Å²) in [5, 5.41) is 5.81. The lowest BCUT2D eigenvalue weighted by Crippen LogP contribution is -2.16. The monoisotopic (exact) mass is 523 g/mol. The smallest absolute Gasteiger partial charge is 0.256 e. The summed E-state index contributed by atoms with van der Waals surface area (Å²) in [6, 6.07) is 34.3. The Morgan fingerprint density at radius 1 is 0.675 bits per heavy atom. The van der Waals surface area contributed by atoms with Gasteiger partial charge in [0.2, 0.25) is 0 Å². The average molecular weight is 524 g/mol. The fraction of sp³-hybridized carbons (Fsp3) is 0.0303. The van der Waals surface area contributed by atoms with E-state index in [2.05, 4.69) is 25.6 Å². The standard InChI is InChI=1S/C33H25N5O2/c1-21-12-17-26(35-32(39)25-15-13-23(14-16-25)22-8-4-2-5-9-22)18-28(21)33(40)36-27-19-29-31(34-20-27)38-30(37-29)24-10-6-3-7-11-24/h2-20H,1H3,(H,35,39)(H,36,40)(H,34,37,38). The number of anilines is 2. The zero-order valence-electron chi connectivity index (χ0n) is 21.7.